The van der Waals surface area contributed by atoms with Gasteiger partial charge in [0.25, 0.3) is 5.91 Å². The Balaban J connectivity index is 1.79. The molecule has 1 aliphatic rings. The number of morpholine rings is 1. The predicted octanol–water partition coefficient (Wildman–Crippen LogP) is 1.53. The zero-order valence-corrected chi connectivity index (χ0v) is 13.9. The Morgan fingerprint density at radius 2 is 1.74 bits per heavy atom. The van der Waals surface area contributed by atoms with Crippen LogP contribution in [0, 0.1) is 0 Å². The number of hydrogen-bond donors (Lipinski definition) is 1. The summed E-state index contributed by atoms with van der Waals surface area (Å²) in [5.41, 5.74) is 1.46. The molecule has 122 valence electrons. The molecule has 0 spiro atoms. The van der Waals surface area contributed by atoms with Gasteiger partial charge in [-0.1, -0.05) is 12.1 Å². The van der Waals surface area contributed by atoms with Gasteiger partial charge in [-0.05, 0) is 29.8 Å². The van der Waals surface area contributed by atoms with E-state index < -0.39 is 10.0 Å². The van der Waals surface area contributed by atoms with E-state index in [0.717, 1.165) is 21.8 Å². The maximum atomic E-state index is 12.4. The summed E-state index contributed by atoms with van der Waals surface area (Å²) in [6.45, 7) is 2.33. The quantitative estimate of drug-likeness (QED) is 0.907. The minimum absolute atomic E-state index is 0.0174. The molecule has 1 aromatic carbocycles. The number of amides is 1. The molecular formula is C15H16N2O4S2. The first-order valence-corrected chi connectivity index (χ1v) is 9.41. The first kappa shape index (κ1) is 16.1. The summed E-state index contributed by atoms with van der Waals surface area (Å²) in [4.78, 5) is 14.9. The molecule has 1 fully saturated rings. The average molecular weight is 352 g/mol. The van der Waals surface area contributed by atoms with Crippen LogP contribution in [0.5, 0.6) is 0 Å². The molecular weight excluding hydrogens is 336 g/mol. The molecule has 0 aliphatic carbocycles. The maximum Gasteiger partial charge on any atom is 0.254 e. The van der Waals surface area contributed by atoms with Gasteiger partial charge in [0.15, 0.2) is 0 Å². The summed E-state index contributed by atoms with van der Waals surface area (Å²) in [6, 6.07) is 10.3. The van der Waals surface area contributed by atoms with Gasteiger partial charge in [-0.2, -0.15) is 0 Å². The van der Waals surface area contributed by atoms with E-state index in [9.17, 15) is 13.2 Å². The zero-order chi connectivity index (χ0) is 16.4. The maximum absolute atomic E-state index is 12.4. The number of rotatable bonds is 3. The van der Waals surface area contributed by atoms with Gasteiger partial charge >= 0.3 is 0 Å². The normalized spacial score (nSPS) is 15.6. The van der Waals surface area contributed by atoms with Crippen LogP contribution in [-0.4, -0.2) is 45.5 Å². The van der Waals surface area contributed by atoms with Gasteiger partial charge in [0, 0.05) is 23.5 Å². The topological polar surface area (TPSA) is 89.7 Å². The minimum Gasteiger partial charge on any atom is -0.378 e. The first-order valence-electron chi connectivity index (χ1n) is 7.05. The van der Waals surface area contributed by atoms with Crippen LogP contribution >= 0.6 is 11.3 Å². The molecule has 1 aliphatic heterocycles. The van der Waals surface area contributed by atoms with E-state index in [2.05, 4.69) is 0 Å². The molecule has 0 atom stereocenters. The van der Waals surface area contributed by atoms with Crippen LogP contribution in [0.25, 0.3) is 10.4 Å². The third-order valence-electron chi connectivity index (χ3n) is 3.58. The van der Waals surface area contributed by atoms with Crippen molar-refractivity contribution in [1.82, 2.24) is 4.90 Å². The second-order valence-corrected chi connectivity index (χ2v) is 8.02. The summed E-state index contributed by atoms with van der Waals surface area (Å²) < 4.78 is 28.0. The van der Waals surface area contributed by atoms with Crippen molar-refractivity contribution in [3.05, 3.63) is 42.0 Å². The number of nitrogens with zero attached hydrogens (tertiary/aromatic N) is 1. The molecule has 1 aromatic heterocycles. The predicted molar refractivity (Wildman–Crippen MR) is 87.9 cm³/mol. The Morgan fingerprint density at radius 3 is 2.30 bits per heavy atom. The second kappa shape index (κ2) is 6.40. The van der Waals surface area contributed by atoms with E-state index >= 15 is 0 Å². The highest BCUT2D eigenvalue weighted by atomic mass is 32.2. The highest BCUT2D eigenvalue weighted by Crippen LogP contribution is 2.30. The van der Waals surface area contributed by atoms with E-state index in [0.29, 0.717) is 31.9 Å². The van der Waals surface area contributed by atoms with Crippen LogP contribution in [0.1, 0.15) is 10.4 Å². The Hall–Kier alpha value is -1.74. The molecule has 0 unspecified atom stereocenters. The molecule has 2 heterocycles. The van der Waals surface area contributed by atoms with Crippen molar-refractivity contribution in [1.29, 1.82) is 0 Å². The van der Waals surface area contributed by atoms with E-state index in [-0.39, 0.29) is 10.1 Å². The number of hydrogen-bond acceptors (Lipinski definition) is 5. The van der Waals surface area contributed by atoms with Crippen molar-refractivity contribution >= 4 is 27.3 Å². The highest BCUT2D eigenvalue weighted by Gasteiger charge is 2.18. The molecule has 0 saturated carbocycles. The van der Waals surface area contributed by atoms with E-state index in [1.54, 1.807) is 23.1 Å². The van der Waals surface area contributed by atoms with Gasteiger partial charge < -0.3 is 9.64 Å². The Kier molecular flexibility index (Phi) is 4.49. The Labute approximate surface area is 138 Å². The van der Waals surface area contributed by atoms with Crippen molar-refractivity contribution in [2.75, 3.05) is 26.3 Å². The average Bonchev–Trinajstić information content (AvgIpc) is 3.05. The third kappa shape index (κ3) is 3.61. The summed E-state index contributed by atoms with van der Waals surface area (Å²) in [7, 11) is -3.68. The van der Waals surface area contributed by atoms with Crippen LogP contribution < -0.4 is 5.14 Å². The van der Waals surface area contributed by atoms with Crippen LogP contribution in [0.3, 0.4) is 0 Å². The van der Waals surface area contributed by atoms with Gasteiger partial charge in [-0.3, -0.25) is 4.79 Å². The number of primary sulfonamides is 1. The van der Waals surface area contributed by atoms with E-state index in [4.69, 9.17) is 9.88 Å². The Bertz CT molecular complexity index is 806. The van der Waals surface area contributed by atoms with Crippen molar-refractivity contribution in [2.45, 2.75) is 4.21 Å². The second-order valence-electron chi connectivity index (χ2n) is 5.15. The van der Waals surface area contributed by atoms with E-state index in [1.165, 1.54) is 6.07 Å². The summed E-state index contributed by atoms with van der Waals surface area (Å²) in [5.74, 6) is -0.0174. The number of nitrogens with two attached hydrogens (primary N) is 1. The van der Waals surface area contributed by atoms with Gasteiger partial charge in [0.1, 0.15) is 4.21 Å². The largest absolute Gasteiger partial charge is 0.378 e. The summed E-state index contributed by atoms with van der Waals surface area (Å²) in [5, 5.41) is 5.12. The molecule has 1 saturated heterocycles. The van der Waals surface area contributed by atoms with Crippen LogP contribution in [-0.2, 0) is 14.8 Å². The number of ether oxygens (including phenoxy) is 1. The summed E-state index contributed by atoms with van der Waals surface area (Å²) in [6.07, 6.45) is 0. The van der Waals surface area contributed by atoms with Crippen molar-refractivity contribution in [2.24, 2.45) is 5.14 Å². The zero-order valence-electron chi connectivity index (χ0n) is 12.3. The molecule has 0 bridgehead atoms. The lowest BCUT2D eigenvalue weighted by Gasteiger charge is -2.26. The number of sulfonamides is 1. The minimum atomic E-state index is -3.68. The van der Waals surface area contributed by atoms with Gasteiger partial charge in [0.05, 0.1) is 13.2 Å². The smallest absolute Gasteiger partial charge is 0.254 e. The number of benzene rings is 1. The Morgan fingerprint density at radius 1 is 1.09 bits per heavy atom. The lowest BCUT2D eigenvalue weighted by molar-refractivity contribution is 0.0303. The van der Waals surface area contributed by atoms with Gasteiger partial charge in [-0.25, -0.2) is 13.6 Å². The van der Waals surface area contributed by atoms with Crippen LogP contribution in [0.4, 0.5) is 0 Å². The molecule has 0 radical (unpaired) electrons. The fourth-order valence-corrected chi connectivity index (χ4v) is 4.09. The standard InChI is InChI=1S/C15H16N2O4S2/c16-23(19,20)14-6-5-13(22-14)11-1-3-12(4-2-11)15(18)17-7-9-21-10-8-17/h1-6H,7-10H2,(H2,16,19,20). The van der Waals surface area contributed by atoms with Crippen molar-refractivity contribution < 1.29 is 17.9 Å². The fraction of sp³-hybridized carbons (Fsp3) is 0.267. The van der Waals surface area contributed by atoms with Crippen molar-refractivity contribution in [3.63, 3.8) is 0 Å². The first-order chi connectivity index (χ1) is 10.9. The monoisotopic (exact) mass is 352 g/mol. The van der Waals surface area contributed by atoms with Crippen LogP contribution in [0.2, 0.25) is 0 Å². The van der Waals surface area contributed by atoms with Crippen LogP contribution in [0.15, 0.2) is 40.6 Å². The molecule has 2 aromatic rings. The number of carbonyl (C=O) groups excluding carboxylic acids is 1. The fourth-order valence-electron chi connectivity index (χ4n) is 2.35. The van der Waals surface area contributed by atoms with Gasteiger partial charge in [-0.15, -0.1) is 11.3 Å². The number of thiophene rings is 1. The molecule has 1 amide bonds. The van der Waals surface area contributed by atoms with E-state index in [1.807, 2.05) is 12.1 Å². The third-order valence-corrected chi connectivity index (χ3v) is 6.15. The molecule has 8 heteroatoms. The molecule has 6 nitrogen and oxygen atoms in total. The molecule has 3 rings (SSSR count). The SMILES string of the molecule is NS(=O)(=O)c1ccc(-c2ccc(C(=O)N3CCOCC3)cc2)s1. The summed E-state index contributed by atoms with van der Waals surface area (Å²) >= 11 is 1.11. The van der Waals surface area contributed by atoms with Crippen molar-refractivity contribution in [3.8, 4) is 10.4 Å². The lowest BCUT2D eigenvalue weighted by atomic mass is 10.1. The number of carbonyl (C=O) groups is 1. The van der Waals surface area contributed by atoms with Gasteiger partial charge in [0.2, 0.25) is 10.0 Å². The lowest BCUT2D eigenvalue weighted by Crippen LogP contribution is -2.40. The highest BCUT2D eigenvalue weighted by molar-refractivity contribution is 7.91. The molecule has 2 N–H and O–H groups in total. The molecule has 23 heavy (non-hydrogen) atoms.